The summed E-state index contributed by atoms with van der Waals surface area (Å²) in [5.74, 6) is 0.245. The van der Waals surface area contributed by atoms with Gasteiger partial charge in [0.2, 0.25) is 0 Å². The van der Waals surface area contributed by atoms with Crippen LogP contribution in [0.5, 0.6) is 6.01 Å². The third-order valence-corrected chi connectivity index (χ3v) is 5.79. The Kier molecular flexibility index (Phi) is 7.26. The minimum atomic E-state index is -2.81. The first-order valence-corrected chi connectivity index (χ1v) is 11.3. The number of hydrogen-bond donors (Lipinski definition) is 1. The van der Waals surface area contributed by atoms with E-state index in [2.05, 4.69) is 20.3 Å². The molecule has 0 aliphatic heterocycles. The Labute approximate surface area is 200 Å². The number of nitrogens with one attached hydrogen (secondary N) is 1. The van der Waals surface area contributed by atoms with Gasteiger partial charge in [-0.25, -0.2) is 18.6 Å². The number of nitrogens with zero attached hydrogens (tertiary/aromatic N) is 4. The van der Waals surface area contributed by atoms with Gasteiger partial charge in [0.15, 0.2) is 5.82 Å². The fourth-order valence-electron chi connectivity index (χ4n) is 3.86. The lowest BCUT2D eigenvalue weighted by Gasteiger charge is -2.28. The molecule has 1 N–H and O–H groups in total. The molecule has 0 spiro atoms. The minimum absolute atomic E-state index is 0.0000223. The van der Waals surface area contributed by atoms with Gasteiger partial charge in [-0.05, 0) is 57.7 Å². The van der Waals surface area contributed by atoms with Crippen LogP contribution in [0.25, 0.3) is 16.9 Å². The standard InChI is InChI=1S/C23H24ClF2N5O3/c1-3-13(2)33-23(32)27-14-8-10-15(11-9-14)34-22-29-18(24)12-19(30-22)31-17-7-5-4-6-16(17)28-21(31)20(25)26/h3-7,12,14-15,20H,8-11H2,1-2H3,(H,27,32)/b13-3-. The Morgan fingerprint density at radius 2 is 1.94 bits per heavy atom. The number of aromatic nitrogens is 4. The number of alkyl halides is 2. The van der Waals surface area contributed by atoms with Crippen LogP contribution in [0.4, 0.5) is 13.6 Å². The molecule has 0 unspecified atom stereocenters. The SMILES string of the molecule is C/C=C(/C)OC(=O)NC1CCC(Oc2nc(Cl)cc(-n3c(C(F)F)nc4ccccc43)n2)CC1. The van der Waals surface area contributed by atoms with Crippen molar-refractivity contribution in [1.82, 2.24) is 24.8 Å². The van der Waals surface area contributed by atoms with Crippen LogP contribution in [0, 0.1) is 0 Å². The molecular weight excluding hydrogens is 468 g/mol. The molecule has 3 aromatic rings. The number of carbonyl (C=O) groups excluding carboxylic acids is 1. The molecule has 0 radical (unpaired) electrons. The zero-order valence-corrected chi connectivity index (χ0v) is 19.4. The number of benzene rings is 1. The third-order valence-electron chi connectivity index (χ3n) is 5.60. The number of amides is 1. The number of alkyl carbamates (subject to hydrolysis) is 1. The van der Waals surface area contributed by atoms with Gasteiger partial charge < -0.3 is 14.8 Å². The molecule has 1 aliphatic rings. The highest BCUT2D eigenvalue weighted by Crippen LogP contribution is 2.29. The Balaban J connectivity index is 1.47. The van der Waals surface area contributed by atoms with Crippen LogP contribution in [-0.2, 0) is 4.74 Å². The van der Waals surface area contributed by atoms with Crippen LogP contribution < -0.4 is 10.1 Å². The van der Waals surface area contributed by atoms with E-state index in [9.17, 15) is 13.6 Å². The van der Waals surface area contributed by atoms with Gasteiger partial charge in [0.05, 0.1) is 11.0 Å². The summed E-state index contributed by atoms with van der Waals surface area (Å²) < 4.78 is 39.8. The van der Waals surface area contributed by atoms with Gasteiger partial charge in [-0.15, -0.1) is 0 Å². The second-order valence-electron chi connectivity index (χ2n) is 7.95. The monoisotopic (exact) mass is 491 g/mol. The third kappa shape index (κ3) is 5.44. The smallest absolute Gasteiger partial charge is 0.412 e. The maximum Gasteiger partial charge on any atom is 0.412 e. The van der Waals surface area contributed by atoms with Gasteiger partial charge in [0.25, 0.3) is 6.43 Å². The first-order valence-electron chi connectivity index (χ1n) is 10.9. The number of rotatable bonds is 6. The quantitative estimate of drug-likeness (QED) is 0.349. The molecule has 0 atom stereocenters. The van der Waals surface area contributed by atoms with Crippen molar-refractivity contribution in [3.8, 4) is 11.8 Å². The molecule has 1 fully saturated rings. The maximum absolute atomic E-state index is 13.7. The van der Waals surface area contributed by atoms with E-state index in [4.69, 9.17) is 21.1 Å². The minimum Gasteiger partial charge on any atom is -0.460 e. The first-order chi connectivity index (χ1) is 16.3. The van der Waals surface area contributed by atoms with E-state index in [1.165, 1.54) is 10.6 Å². The normalized spacial score (nSPS) is 18.8. The van der Waals surface area contributed by atoms with E-state index in [0.717, 1.165) is 0 Å². The molecule has 1 amide bonds. The van der Waals surface area contributed by atoms with Crippen molar-refractivity contribution in [1.29, 1.82) is 0 Å². The van der Waals surface area contributed by atoms with E-state index in [1.807, 2.05) is 0 Å². The second-order valence-corrected chi connectivity index (χ2v) is 8.34. The van der Waals surface area contributed by atoms with Crippen molar-refractivity contribution in [2.75, 3.05) is 0 Å². The molecule has 2 heterocycles. The summed E-state index contributed by atoms with van der Waals surface area (Å²) >= 11 is 6.18. The van der Waals surface area contributed by atoms with E-state index >= 15 is 0 Å². The number of carbonyl (C=O) groups is 1. The van der Waals surface area contributed by atoms with Gasteiger partial charge in [-0.2, -0.15) is 9.97 Å². The summed E-state index contributed by atoms with van der Waals surface area (Å²) in [6.45, 7) is 3.50. The molecule has 4 rings (SSSR count). The first kappa shape index (κ1) is 23.9. The highest BCUT2D eigenvalue weighted by atomic mass is 35.5. The topological polar surface area (TPSA) is 91.2 Å². The molecule has 8 nitrogen and oxygen atoms in total. The van der Waals surface area contributed by atoms with Crippen LogP contribution in [0.2, 0.25) is 5.15 Å². The molecule has 0 bridgehead atoms. The highest BCUT2D eigenvalue weighted by Gasteiger charge is 2.26. The summed E-state index contributed by atoms with van der Waals surface area (Å²) in [5, 5.41) is 2.91. The zero-order valence-electron chi connectivity index (χ0n) is 18.7. The average molecular weight is 492 g/mol. The molecule has 1 aromatic carbocycles. The molecule has 1 saturated carbocycles. The predicted molar refractivity (Wildman–Crippen MR) is 122 cm³/mol. The summed E-state index contributed by atoms with van der Waals surface area (Å²) in [6.07, 6.45) is 0.881. The van der Waals surface area contributed by atoms with Crippen LogP contribution in [-0.4, -0.2) is 37.8 Å². The molecular formula is C23H24ClF2N5O3. The zero-order chi connectivity index (χ0) is 24.2. The van der Waals surface area contributed by atoms with Crippen molar-refractivity contribution in [2.45, 2.75) is 58.1 Å². The van der Waals surface area contributed by atoms with Gasteiger partial charge in [0.1, 0.15) is 22.8 Å². The Bertz CT molecular complexity index is 1210. The molecule has 34 heavy (non-hydrogen) atoms. The maximum atomic E-state index is 13.7. The molecule has 1 aliphatic carbocycles. The van der Waals surface area contributed by atoms with Crippen molar-refractivity contribution >= 4 is 28.7 Å². The van der Waals surface area contributed by atoms with Crippen molar-refractivity contribution < 1.29 is 23.0 Å². The summed E-state index contributed by atoms with van der Waals surface area (Å²) in [6, 6.07) is 8.16. The summed E-state index contributed by atoms with van der Waals surface area (Å²) in [7, 11) is 0. The number of ether oxygens (including phenoxy) is 2. The number of imidazole rings is 1. The molecule has 2 aromatic heterocycles. The lowest BCUT2D eigenvalue weighted by atomic mass is 9.93. The number of hydrogen-bond acceptors (Lipinski definition) is 6. The lowest BCUT2D eigenvalue weighted by Crippen LogP contribution is -2.39. The fraction of sp³-hybridized carbons (Fsp3) is 0.391. The molecule has 180 valence electrons. The largest absolute Gasteiger partial charge is 0.460 e. The van der Waals surface area contributed by atoms with E-state index in [1.54, 1.807) is 44.2 Å². The van der Waals surface area contributed by atoms with Crippen LogP contribution in [0.1, 0.15) is 51.8 Å². The number of fused-ring (bicyclic) bond motifs is 1. The van der Waals surface area contributed by atoms with Crippen molar-refractivity contribution in [3.05, 3.63) is 53.1 Å². The second kappa shape index (κ2) is 10.3. The highest BCUT2D eigenvalue weighted by molar-refractivity contribution is 6.29. The predicted octanol–water partition coefficient (Wildman–Crippen LogP) is 5.75. The number of allylic oxidation sites excluding steroid dienone is 2. The van der Waals surface area contributed by atoms with Crippen molar-refractivity contribution in [2.24, 2.45) is 0 Å². The Hall–Kier alpha value is -3.27. The summed E-state index contributed by atoms with van der Waals surface area (Å²) in [5.41, 5.74) is 0.897. The fourth-order valence-corrected chi connectivity index (χ4v) is 4.03. The molecule has 11 heteroatoms. The average Bonchev–Trinajstić information content (AvgIpc) is 3.20. The van der Waals surface area contributed by atoms with Gasteiger partial charge in [-0.3, -0.25) is 4.57 Å². The summed E-state index contributed by atoms with van der Waals surface area (Å²) in [4.78, 5) is 24.4. The van der Waals surface area contributed by atoms with Crippen LogP contribution in [0.15, 0.2) is 42.2 Å². The van der Waals surface area contributed by atoms with Gasteiger partial charge in [-0.1, -0.05) is 23.7 Å². The number of halogens is 3. The van der Waals surface area contributed by atoms with Crippen LogP contribution >= 0.6 is 11.6 Å². The van der Waals surface area contributed by atoms with Crippen LogP contribution in [0.3, 0.4) is 0 Å². The van der Waals surface area contributed by atoms with E-state index in [-0.39, 0.29) is 29.1 Å². The lowest BCUT2D eigenvalue weighted by molar-refractivity contribution is 0.121. The van der Waals surface area contributed by atoms with E-state index in [0.29, 0.717) is 42.5 Å². The van der Waals surface area contributed by atoms with E-state index < -0.39 is 18.3 Å². The van der Waals surface area contributed by atoms with Gasteiger partial charge >= 0.3 is 12.1 Å². The number of para-hydroxylation sites is 2. The Morgan fingerprint density at radius 3 is 2.65 bits per heavy atom. The Morgan fingerprint density at radius 1 is 1.21 bits per heavy atom. The van der Waals surface area contributed by atoms with Gasteiger partial charge in [0, 0.05) is 12.1 Å². The van der Waals surface area contributed by atoms with Crippen molar-refractivity contribution in [3.63, 3.8) is 0 Å². The molecule has 0 saturated heterocycles.